The molecule has 100 valence electrons. The van der Waals surface area contributed by atoms with Crippen LogP contribution >= 0.6 is 0 Å². The predicted molar refractivity (Wildman–Crippen MR) is 75.7 cm³/mol. The van der Waals surface area contributed by atoms with Crippen LogP contribution in [0.25, 0.3) is 0 Å². The Kier molecular flexibility index (Phi) is 4.61. The van der Waals surface area contributed by atoms with E-state index in [4.69, 9.17) is 4.84 Å². The highest BCUT2D eigenvalue weighted by atomic mass is 16.7. The van der Waals surface area contributed by atoms with Crippen molar-refractivity contribution in [3.05, 3.63) is 29.8 Å². The highest BCUT2D eigenvalue weighted by molar-refractivity contribution is 5.46. The molecule has 0 aromatic heterocycles. The summed E-state index contributed by atoms with van der Waals surface area (Å²) < 4.78 is 0. The van der Waals surface area contributed by atoms with E-state index in [-0.39, 0.29) is 6.04 Å². The van der Waals surface area contributed by atoms with Crippen LogP contribution in [0.2, 0.25) is 0 Å². The Hall–Kier alpha value is -1.06. The van der Waals surface area contributed by atoms with Gasteiger partial charge in [0.1, 0.15) is 0 Å². The molecule has 2 rings (SSSR count). The van der Waals surface area contributed by atoms with E-state index >= 15 is 0 Å². The van der Waals surface area contributed by atoms with Gasteiger partial charge in [0, 0.05) is 19.8 Å². The minimum absolute atomic E-state index is 0.238. The van der Waals surface area contributed by atoms with Crippen molar-refractivity contribution < 1.29 is 4.84 Å². The summed E-state index contributed by atoms with van der Waals surface area (Å²) in [5.74, 6) is 0. The zero-order chi connectivity index (χ0) is 13.0. The Morgan fingerprint density at radius 2 is 1.78 bits per heavy atom. The first-order valence-corrected chi connectivity index (χ1v) is 6.85. The molecule has 3 nitrogen and oxygen atoms in total. The van der Waals surface area contributed by atoms with Crippen molar-refractivity contribution in [3.63, 3.8) is 0 Å². The van der Waals surface area contributed by atoms with Gasteiger partial charge in [-0.3, -0.25) is 4.84 Å². The summed E-state index contributed by atoms with van der Waals surface area (Å²) >= 11 is 0. The van der Waals surface area contributed by atoms with Gasteiger partial charge in [0.2, 0.25) is 0 Å². The van der Waals surface area contributed by atoms with Gasteiger partial charge in [0.15, 0.2) is 0 Å². The summed E-state index contributed by atoms with van der Waals surface area (Å²) in [5.41, 5.74) is 5.66. The van der Waals surface area contributed by atoms with Crippen LogP contribution in [0.1, 0.15) is 44.2 Å². The second kappa shape index (κ2) is 6.21. The number of benzene rings is 1. The Bertz CT molecular complexity index is 355. The summed E-state index contributed by atoms with van der Waals surface area (Å²) in [6.07, 6.45) is 5.41. The first-order chi connectivity index (χ1) is 8.66. The number of anilines is 1. The first-order valence-electron chi connectivity index (χ1n) is 6.85. The van der Waals surface area contributed by atoms with E-state index in [1.54, 1.807) is 0 Å². The third-order valence-corrected chi connectivity index (χ3v) is 3.62. The lowest BCUT2D eigenvalue weighted by atomic mass is 10.1. The summed E-state index contributed by atoms with van der Waals surface area (Å²) in [6, 6.07) is 8.84. The van der Waals surface area contributed by atoms with Crippen molar-refractivity contribution in [2.45, 2.75) is 44.8 Å². The van der Waals surface area contributed by atoms with Gasteiger partial charge < -0.3 is 4.90 Å². The molecule has 0 bridgehead atoms. The molecule has 1 unspecified atom stereocenters. The smallest absolute Gasteiger partial charge is 0.0790 e. The normalized spacial score (nSPS) is 17.9. The maximum Gasteiger partial charge on any atom is 0.0790 e. The predicted octanol–water partition coefficient (Wildman–Crippen LogP) is 3.28. The minimum atomic E-state index is 0.238. The highest BCUT2D eigenvalue weighted by Gasteiger charge is 2.16. The molecule has 0 aliphatic heterocycles. The Morgan fingerprint density at radius 3 is 2.33 bits per heavy atom. The Balaban J connectivity index is 1.85. The second-order valence-corrected chi connectivity index (χ2v) is 5.35. The molecule has 1 aliphatic rings. The molecule has 0 heterocycles. The van der Waals surface area contributed by atoms with Gasteiger partial charge in [-0.25, -0.2) is 0 Å². The molecule has 0 saturated heterocycles. The van der Waals surface area contributed by atoms with Gasteiger partial charge in [0.25, 0.3) is 0 Å². The van der Waals surface area contributed by atoms with E-state index in [2.05, 4.69) is 55.7 Å². The molecule has 1 saturated carbocycles. The fraction of sp³-hybridized carbons (Fsp3) is 0.600. The van der Waals surface area contributed by atoms with Crippen LogP contribution in [0.3, 0.4) is 0 Å². The van der Waals surface area contributed by atoms with Gasteiger partial charge in [-0.2, -0.15) is 5.48 Å². The minimum Gasteiger partial charge on any atom is -0.378 e. The third kappa shape index (κ3) is 3.47. The number of nitrogens with one attached hydrogen (secondary N) is 1. The molecule has 18 heavy (non-hydrogen) atoms. The molecule has 0 amide bonds. The molecule has 1 aromatic carbocycles. The van der Waals surface area contributed by atoms with Crippen LogP contribution in [-0.2, 0) is 4.84 Å². The monoisotopic (exact) mass is 248 g/mol. The molecular formula is C15H24N2O. The number of hydrogen-bond acceptors (Lipinski definition) is 3. The van der Waals surface area contributed by atoms with Crippen LogP contribution < -0.4 is 10.4 Å². The van der Waals surface area contributed by atoms with E-state index in [0.29, 0.717) is 6.10 Å². The summed E-state index contributed by atoms with van der Waals surface area (Å²) in [7, 11) is 4.11. The molecule has 0 spiro atoms. The van der Waals surface area contributed by atoms with Crippen LogP contribution in [0.5, 0.6) is 0 Å². The lowest BCUT2D eigenvalue weighted by Gasteiger charge is -2.19. The lowest BCUT2D eigenvalue weighted by Crippen LogP contribution is -2.24. The summed E-state index contributed by atoms with van der Waals surface area (Å²) in [5, 5.41) is 0. The van der Waals surface area contributed by atoms with Gasteiger partial charge in [-0.1, -0.05) is 25.0 Å². The van der Waals surface area contributed by atoms with Gasteiger partial charge in [0.05, 0.1) is 12.1 Å². The van der Waals surface area contributed by atoms with Crippen LogP contribution in [0, 0.1) is 0 Å². The van der Waals surface area contributed by atoms with E-state index in [0.717, 1.165) is 0 Å². The zero-order valence-electron chi connectivity index (χ0n) is 11.6. The van der Waals surface area contributed by atoms with Crippen molar-refractivity contribution in [1.29, 1.82) is 0 Å². The van der Waals surface area contributed by atoms with E-state index in [1.165, 1.54) is 36.9 Å². The largest absolute Gasteiger partial charge is 0.378 e. The van der Waals surface area contributed by atoms with Crippen molar-refractivity contribution in [1.82, 2.24) is 5.48 Å². The average molecular weight is 248 g/mol. The second-order valence-electron chi connectivity index (χ2n) is 5.35. The molecule has 1 N–H and O–H groups in total. The standard InChI is InChI=1S/C15H24N2O/c1-12(16-18-15-6-4-5-7-15)13-8-10-14(11-9-13)17(2)3/h8-12,15-16H,4-7H2,1-3H3. The lowest BCUT2D eigenvalue weighted by molar-refractivity contribution is -0.0376. The summed E-state index contributed by atoms with van der Waals surface area (Å²) in [4.78, 5) is 7.84. The maximum absolute atomic E-state index is 5.74. The van der Waals surface area contributed by atoms with Gasteiger partial charge in [-0.15, -0.1) is 0 Å². The third-order valence-electron chi connectivity index (χ3n) is 3.62. The molecular weight excluding hydrogens is 224 g/mol. The number of hydroxylamine groups is 1. The van der Waals surface area contributed by atoms with Crippen molar-refractivity contribution in [2.75, 3.05) is 19.0 Å². The number of nitrogens with zero attached hydrogens (tertiary/aromatic N) is 1. The topological polar surface area (TPSA) is 24.5 Å². The SMILES string of the molecule is CC(NOC1CCCC1)c1ccc(N(C)C)cc1. The van der Waals surface area contributed by atoms with Crippen LogP contribution in [-0.4, -0.2) is 20.2 Å². The van der Waals surface area contributed by atoms with Crippen molar-refractivity contribution >= 4 is 5.69 Å². The van der Waals surface area contributed by atoms with E-state index in [9.17, 15) is 0 Å². The summed E-state index contributed by atoms with van der Waals surface area (Å²) in [6.45, 7) is 2.14. The van der Waals surface area contributed by atoms with Crippen LogP contribution in [0.4, 0.5) is 5.69 Å². The van der Waals surface area contributed by atoms with Crippen molar-refractivity contribution in [3.8, 4) is 0 Å². The quantitative estimate of drug-likeness (QED) is 0.809. The van der Waals surface area contributed by atoms with E-state index < -0.39 is 0 Å². The number of hydrogen-bond donors (Lipinski definition) is 1. The van der Waals surface area contributed by atoms with Crippen LogP contribution in [0.15, 0.2) is 24.3 Å². The average Bonchev–Trinajstić information content (AvgIpc) is 2.89. The number of rotatable bonds is 5. The molecule has 3 heteroatoms. The Morgan fingerprint density at radius 1 is 1.17 bits per heavy atom. The highest BCUT2D eigenvalue weighted by Crippen LogP contribution is 2.22. The Labute approximate surface area is 110 Å². The molecule has 1 atom stereocenters. The van der Waals surface area contributed by atoms with Crippen molar-refractivity contribution in [2.24, 2.45) is 0 Å². The molecule has 1 aromatic rings. The van der Waals surface area contributed by atoms with Gasteiger partial charge in [-0.05, 0) is 37.5 Å². The van der Waals surface area contributed by atoms with Gasteiger partial charge >= 0.3 is 0 Å². The molecule has 1 aliphatic carbocycles. The zero-order valence-corrected chi connectivity index (χ0v) is 11.6. The fourth-order valence-electron chi connectivity index (χ4n) is 2.33. The first kappa shape index (κ1) is 13.4. The maximum atomic E-state index is 5.74. The molecule has 0 radical (unpaired) electrons. The fourth-order valence-corrected chi connectivity index (χ4v) is 2.33. The molecule has 1 fully saturated rings. The van der Waals surface area contributed by atoms with E-state index in [1.807, 2.05) is 0 Å².